The summed E-state index contributed by atoms with van der Waals surface area (Å²) >= 11 is 5.72. The van der Waals surface area contributed by atoms with E-state index in [4.69, 9.17) is 23.1 Å². The number of halogens is 2. The monoisotopic (exact) mass is 265 g/mol. The third kappa shape index (κ3) is 2.60. The molecule has 0 aliphatic carbocycles. The Morgan fingerprint density at radius 2 is 2.06 bits per heavy atom. The van der Waals surface area contributed by atoms with Gasteiger partial charge in [0.2, 0.25) is 0 Å². The number of hydrogen-bond donors (Lipinski definition) is 2. The summed E-state index contributed by atoms with van der Waals surface area (Å²) in [5, 5.41) is 0.0714. The maximum absolute atomic E-state index is 13.8. The Hall–Kier alpha value is -1.65. The molecule has 1 unspecified atom stereocenters. The van der Waals surface area contributed by atoms with Crippen molar-refractivity contribution in [1.82, 2.24) is 4.98 Å². The summed E-state index contributed by atoms with van der Waals surface area (Å²) in [5.74, 6) is -0.0653. The molecule has 0 amide bonds. The van der Waals surface area contributed by atoms with Gasteiger partial charge in [-0.25, -0.2) is 9.37 Å². The van der Waals surface area contributed by atoms with Crippen molar-refractivity contribution in [2.45, 2.75) is 12.5 Å². The first-order chi connectivity index (χ1) is 8.59. The first kappa shape index (κ1) is 12.8. The van der Waals surface area contributed by atoms with Crippen LogP contribution in [0.3, 0.4) is 0 Å². The fourth-order valence-electron chi connectivity index (χ4n) is 1.78. The second-order valence-corrected chi connectivity index (χ2v) is 4.41. The molecule has 5 heteroatoms. The minimum absolute atomic E-state index is 0.0714. The van der Waals surface area contributed by atoms with Crippen molar-refractivity contribution < 1.29 is 4.39 Å². The molecule has 0 fully saturated rings. The van der Waals surface area contributed by atoms with Crippen LogP contribution in [0.4, 0.5) is 10.2 Å². The topological polar surface area (TPSA) is 64.9 Å². The molecule has 0 radical (unpaired) electrons. The first-order valence-electron chi connectivity index (χ1n) is 5.48. The van der Waals surface area contributed by atoms with Gasteiger partial charge in [0, 0.05) is 17.8 Å². The van der Waals surface area contributed by atoms with Crippen LogP contribution in [-0.2, 0) is 6.42 Å². The highest BCUT2D eigenvalue weighted by molar-refractivity contribution is 6.30. The van der Waals surface area contributed by atoms with Gasteiger partial charge in [0.1, 0.15) is 11.6 Å². The molecular formula is C13H13ClFN3. The van der Waals surface area contributed by atoms with E-state index in [1.807, 2.05) is 6.07 Å². The van der Waals surface area contributed by atoms with Gasteiger partial charge in [0.15, 0.2) is 0 Å². The zero-order valence-electron chi connectivity index (χ0n) is 9.61. The summed E-state index contributed by atoms with van der Waals surface area (Å²) in [4.78, 5) is 3.97. The lowest BCUT2D eigenvalue weighted by Crippen LogP contribution is -2.16. The predicted molar refractivity (Wildman–Crippen MR) is 70.7 cm³/mol. The Balaban J connectivity index is 2.25. The van der Waals surface area contributed by atoms with Crippen LogP contribution in [0.5, 0.6) is 0 Å². The second kappa shape index (κ2) is 5.33. The van der Waals surface area contributed by atoms with Crippen molar-refractivity contribution in [3.05, 3.63) is 58.5 Å². The zero-order chi connectivity index (χ0) is 13.1. The van der Waals surface area contributed by atoms with Gasteiger partial charge in [-0.15, -0.1) is 0 Å². The standard InChI is InChI=1S/C13H13ClFN3/c14-10-5-1-4-9(12(10)15)11(16)7-8-3-2-6-18-13(8)17/h1-6,11H,7,16H2,(H2,17,18). The smallest absolute Gasteiger partial charge is 0.146 e. The van der Waals surface area contributed by atoms with Gasteiger partial charge in [0.05, 0.1) is 5.02 Å². The Kier molecular flexibility index (Phi) is 3.79. The quantitative estimate of drug-likeness (QED) is 0.897. The van der Waals surface area contributed by atoms with Gasteiger partial charge in [-0.05, 0) is 24.1 Å². The van der Waals surface area contributed by atoms with Crippen LogP contribution >= 0.6 is 11.6 Å². The van der Waals surface area contributed by atoms with Gasteiger partial charge >= 0.3 is 0 Å². The fourth-order valence-corrected chi connectivity index (χ4v) is 1.96. The number of nitrogens with two attached hydrogens (primary N) is 2. The number of pyridine rings is 1. The SMILES string of the molecule is Nc1ncccc1CC(N)c1cccc(Cl)c1F. The Labute approximate surface area is 110 Å². The van der Waals surface area contributed by atoms with Crippen molar-refractivity contribution in [3.8, 4) is 0 Å². The molecule has 2 rings (SSSR count). The highest BCUT2D eigenvalue weighted by atomic mass is 35.5. The summed E-state index contributed by atoms with van der Waals surface area (Å²) in [6.45, 7) is 0. The molecule has 94 valence electrons. The molecule has 1 atom stereocenters. The molecular weight excluding hydrogens is 253 g/mol. The summed E-state index contributed by atoms with van der Waals surface area (Å²) in [5.41, 5.74) is 12.9. The molecule has 18 heavy (non-hydrogen) atoms. The lowest BCUT2D eigenvalue weighted by molar-refractivity contribution is 0.581. The maximum Gasteiger partial charge on any atom is 0.146 e. The molecule has 1 aromatic carbocycles. The third-order valence-electron chi connectivity index (χ3n) is 2.75. The number of hydrogen-bond acceptors (Lipinski definition) is 3. The van der Waals surface area contributed by atoms with Crippen molar-refractivity contribution >= 4 is 17.4 Å². The van der Waals surface area contributed by atoms with Gasteiger partial charge in [-0.1, -0.05) is 29.8 Å². The van der Waals surface area contributed by atoms with Crippen molar-refractivity contribution in [2.24, 2.45) is 5.73 Å². The van der Waals surface area contributed by atoms with E-state index >= 15 is 0 Å². The van der Waals surface area contributed by atoms with E-state index in [9.17, 15) is 4.39 Å². The second-order valence-electron chi connectivity index (χ2n) is 4.00. The number of aromatic nitrogens is 1. The molecule has 0 bridgehead atoms. The maximum atomic E-state index is 13.8. The molecule has 4 N–H and O–H groups in total. The predicted octanol–water partition coefficient (Wildman–Crippen LogP) is 2.70. The number of nitrogen functional groups attached to an aromatic ring is 1. The van der Waals surface area contributed by atoms with E-state index in [0.717, 1.165) is 5.56 Å². The number of nitrogens with zero attached hydrogens (tertiary/aromatic N) is 1. The van der Waals surface area contributed by atoms with Crippen LogP contribution in [0.2, 0.25) is 5.02 Å². The molecule has 0 saturated heterocycles. The molecule has 0 spiro atoms. The third-order valence-corrected chi connectivity index (χ3v) is 3.04. The van der Waals surface area contributed by atoms with E-state index in [1.165, 1.54) is 6.07 Å². The Morgan fingerprint density at radius 1 is 1.28 bits per heavy atom. The van der Waals surface area contributed by atoms with Crippen molar-refractivity contribution in [1.29, 1.82) is 0 Å². The molecule has 0 aliphatic rings. The van der Waals surface area contributed by atoms with Gasteiger partial charge in [-0.2, -0.15) is 0 Å². The van der Waals surface area contributed by atoms with Crippen LogP contribution in [0, 0.1) is 5.82 Å². The summed E-state index contributed by atoms with van der Waals surface area (Å²) in [6.07, 6.45) is 2.02. The minimum Gasteiger partial charge on any atom is -0.383 e. The largest absolute Gasteiger partial charge is 0.383 e. The minimum atomic E-state index is -0.504. The van der Waals surface area contributed by atoms with Crippen molar-refractivity contribution in [2.75, 3.05) is 5.73 Å². The van der Waals surface area contributed by atoms with Crippen LogP contribution in [0.25, 0.3) is 0 Å². The highest BCUT2D eigenvalue weighted by Gasteiger charge is 2.15. The van der Waals surface area contributed by atoms with E-state index in [1.54, 1.807) is 24.4 Å². The Morgan fingerprint density at radius 3 is 2.78 bits per heavy atom. The van der Waals surface area contributed by atoms with E-state index < -0.39 is 11.9 Å². The molecule has 3 nitrogen and oxygen atoms in total. The van der Waals surface area contributed by atoms with Gasteiger partial charge in [-0.3, -0.25) is 0 Å². The van der Waals surface area contributed by atoms with Gasteiger partial charge < -0.3 is 11.5 Å². The molecule has 0 aliphatic heterocycles. The number of anilines is 1. The lowest BCUT2D eigenvalue weighted by Gasteiger charge is -2.14. The lowest BCUT2D eigenvalue weighted by atomic mass is 9.99. The van der Waals surface area contributed by atoms with Crippen molar-refractivity contribution in [3.63, 3.8) is 0 Å². The molecule has 2 aromatic rings. The summed E-state index contributed by atoms with van der Waals surface area (Å²) in [7, 11) is 0. The average molecular weight is 266 g/mol. The molecule has 1 aromatic heterocycles. The van der Waals surface area contributed by atoms with E-state index in [-0.39, 0.29) is 5.02 Å². The highest BCUT2D eigenvalue weighted by Crippen LogP contribution is 2.25. The zero-order valence-corrected chi connectivity index (χ0v) is 10.4. The number of rotatable bonds is 3. The normalized spacial score (nSPS) is 12.4. The molecule has 1 heterocycles. The van der Waals surface area contributed by atoms with Gasteiger partial charge in [0.25, 0.3) is 0 Å². The van der Waals surface area contributed by atoms with Crippen LogP contribution in [0.15, 0.2) is 36.5 Å². The number of benzene rings is 1. The van der Waals surface area contributed by atoms with E-state index in [2.05, 4.69) is 4.98 Å². The van der Waals surface area contributed by atoms with Crippen LogP contribution < -0.4 is 11.5 Å². The summed E-state index contributed by atoms with van der Waals surface area (Å²) < 4.78 is 13.8. The molecule has 0 saturated carbocycles. The first-order valence-corrected chi connectivity index (χ1v) is 5.86. The van der Waals surface area contributed by atoms with Crippen LogP contribution in [-0.4, -0.2) is 4.98 Å². The Bertz CT molecular complexity index is 560. The average Bonchev–Trinajstić information content (AvgIpc) is 2.35. The van der Waals surface area contributed by atoms with Crippen LogP contribution in [0.1, 0.15) is 17.2 Å². The summed E-state index contributed by atoms with van der Waals surface area (Å²) in [6, 6.07) is 7.88. The van der Waals surface area contributed by atoms with E-state index in [0.29, 0.717) is 17.8 Å². The fraction of sp³-hybridized carbons (Fsp3) is 0.154.